The Morgan fingerprint density at radius 1 is 1.11 bits per heavy atom. The molecule has 2 aromatic heterocycles. The quantitative estimate of drug-likeness (QED) is 0.222. The van der Waals surface area contributed by atoms with Gasteiger partial charge in [0.05, 0.1) is 10.5 Å². The number of hydrogen-bond acceptors (Lipinski definition) is 7. The molecule has 2 aromatic carbocycles. The molecule has 0 unspecified atom stereocenters. The number of halogens is 5. The zero-order chi connectivity index (χ0) is 32.5. The Kier molecular flexibility index (Phi) is 7.67. The molecular weight excluding hydrogens is 612 g/mol. The number of aromatic amines is 1. The second-order valence-corrected chi connectivity index (χ2v) is 12.5. The molecule has 14 heteroatoms. The molecule has 0 bridgehead atoms. The van der Waals surface area contributed by atoms with Crippen LogP contribution in [-0.4, -0.2) is 94.3 Å². The smallest absolute Gasteiger partial charge is 0.349 e. The molecule has 238 valence electrons. The molecule has 2 fully saturated rings. The van der Waals surface area contributed by atoms with E-state index >= 15 is 4.39 Å². The zero-order valence-corrected chi connectivity index (χ0v) is 26.3. The lowest BCUT2D eigenvalue weighted by atomic mass is 9.93. The lowest BCUT2D eigenvalue weighted by molar-refractivity contribution is -0.140. The second-order valence-electron chi connectivity index (χ2n) is 12.1. The number of carbonyl (C=O) groups is 1. The molecule has 1 N–H and O–H groups in total. The number of anilines is 2. The predicted octanol–water partition coefficient (Wildman–Crippen LogP) is 5.65. The van der Waals surface area contributed by atoms with Gasteiger partial charge in [-0.05, 0) is 58.6 Å². The Morgan fingerprint density at radius 3 is 2.47 bits per heavy atom. The van der Waals surface area contributed by atoms with Crippen molar-refractivity contribution in [1.82, 2.24) is 30.0 Å². The van der Waals surface area contributed by atoms with E-state index in [0.29, 0.717) is 48.9 Å². The number of likely N-dealkylation sites (N-methyl/N-ethyl adjacent to an activating group) is 1. The fraction of sp³-hybridized carbons (Fsp3) is 0.419. The van der Waals surface area contributed by atoms with Crippen LogP contribution in [0.15, 0.2) is 30.9 Å². The Bertz CT molecular complexity index is 1830. The summed E-state index contributed by atoms with van der Waals surface area (Å²) in [4.78, 5) is 29.8. The van der Waals surface area contributed by atoms with Gasteiger partial charge in [-0.15, -0.1) is 0 Å². The van der Waals surface area contributed by atoms with Gasteiger partial charge in [0.1, 0.15) is 11.3 Å². The molecule has 2 aliphatic rings. The highest BCUT2D eigenvalue weighted by molar-refractivity contribution is 6.35. The van der Waals surface area contributed by atoms with E-state index < -0.39 is 17.7 Å². The van der Waals surface area contributed by atoms with Crippen molar-refractivity contribution in [2.24, 2.45) is 0 Å². The van der Waals surface area contributed by atoms with Gasteiger partial charge in [-0.2, -0.15) is 23.3 Å². The Morgan fingerprint density at radius 2 is 1.82 bits per heavy atom. The van der Waals surface area contributed by atoms with Gasteiger partial charge in [-0.3, -0.25) is 9.89 Å². The van der Waals surface area contributed by atoms with Gasteiger partial charge in [0.25, 0.3) is 0 Å². The number of aromatic nitrogens is 4. The van der Waals surface area contributed by atoms with Gasteiger partial charge in [0.15, 0.2) is 11.5 Å². The van der Waals surface area contributed by atoms with Crippen molar-refractivity contribution in [3.8, 4) is 11.1 Å². The van der Waals surface area contributed by atoms with Crippen LogP contribution in [-0.2, 0) is 11.0 Å². The first-order valence-corrected chi connectivity index (χ1v) is 14.9. The Balaban J connectivity index is 1.58. The number of hydrogen-bond donors (Lipinski definition) is 1. The Labute approximate surface area is 262 Å². The van der Waals surface area contributed by atoms with E-state index in [-0.39, 0.29) is 56.6 Å². The minimum absolute atomic E-state index is 0.00477. The van der Waals surface area contributed by atoms with Crippen molar-refractivity contribution in [1.29, 1.82) is 0 Å². The van der Waals surface area contributed by atoms with Crippen molar-refractivity contribution in [2.75, 3.05) is 50.1 Å². The van der Waals surface area contributed by atoms with Gasteiger partial charge in [-0.1, -0.05) is 24.2 Å². The summed E-state index contributed by atoms with van der Waals surface area (Å²) in [6, 6.07) is 4.45. The number of carbonyl (C=O) groups excluding carboxylic acids is 1. The summed E-state index contributed by atoms with van der Waals surface area (Å²) in [7, 11) is 3.95. The summed E-state index contributed by atoms with van der Waals surface area (Å²) in [5, 5.41) is 5.92. The summed E-state index contributed by atoms with van der Waals surface area (Å²) >= 11 is 6.80. The summed E-state index contributed by atoms with van der Waals surface area (Å²) in [6.07, 6.45) is -3.50. The third kappa shape index (κ3) is 5.15. The highest BCUT2D eigenvalue weighted by Crippen LogP contribution is 2.46. The molecule has 9 nitrogen and oxygen atoms in total. The molecule has 1 amide bonds. The van der Waals surface area contributed by atoms with E-state index in [2.05, 4.69) is 26.7 Å². The molecule has 2 saturated heterocycles. The van der Waals surface area contributed by atoms with E-state index in [4.69, 9.17) is 16.6 Å². The first kappa shape index (κ1) is 31.0. The lowest BCUT2D eigenvalue weighted by Crippen LogP contribution is -2.59. The van der Waals surface area contributed by atoms with E-state index in [1.807, 2.05) is 37.7 Å². The van der Waals surface area contributed by atoms with Crippen molar-refractivity contribution in [3.63, 3.8) is 0 Å². The number of nitrogens with one attached hydrogen (secondary N) is 1. The largest absolute Gasteiger partial charge is 0.435 e. The summed E-state index contributed by atoms with van der Waals surface area (Å²) in [6.45, 7) is 11.1. The van der Waals surface area contributed by atoms with Crippen molar-refractivity contribution < 1.29 is 22.4 Å². The first-order valence-electron chi connectivity index (χ1n) is 14.6. The zero-order valence-electron chi connectivity index (χ0n) is 25.5. The van der Waals surface area contributed by atoms with Crippen LogP contribution in [0.4, 0.5) is 29.3 Å². The summed E-state index contributed by atoms with van der Waals surface area (Å²) < 4.78 is 59.2. The van der Waals surface area contributed by atoms with Crippen molar-refractivity contribution >= 4 is 51.1 Å². The van der Waals surface area contributed by atoms with E-state index in [9.17, 15) is 18.0 Å². The lowest BCUT2D eigenvalue weighted by Gasteiger charge is -2.45. The maximum atomic E-state index is 17.0. The van der Waals surface area contributed by atoms with Gasteiger partial charge >= 0.3 is 6.18 Å². The van der Waals surface area contributed by atoms with Crippen LogP contribution >= 0.6 is 11.6 Å². The van der Waals surface area contributed by atoms with Gasteiger partial charge in [-0.25, -0.2) is 9.37 Å². The van der Waals surface area contributed by atoms with E-state index in [1.165, 1.54) is 18.2 Å². The second kappa shape index (κ2) is 11.1. The van der Waals surface area contributed by atoms with Crippen LogP contribution in [0.1, 0.15) is 25.1 Å². The summed E-state index contributed by atoms with van der Waals surface area (Å²) in [5.41, 5.74) is -0.901. The van der Waals surface area contributed by atoms with Crippen molar-refractivity contribution in [2.45, 2.75) is 45.1 Å². The molecule has 2 atom stereocenters. The fourth-order valence-corrected chi connectivity index (χ4v) is 6.58. The van der Waals surface area contributed by atoms with E-state index in [0.717, 1.165) is 0 Å². The predicted molar refractivity (Wildman–Crippen MR) is 167 cm³/mol. The van der Waals surface area contributed by atoms with Crippen LogP contribution in [0, 0.1) is 12.7 Å². The molecule has 45 heavy (non-hydrogen) atoms. The minimum atomic E-state index is -4.79. The number of benzene rings is 2. The van der Waals surface area contributed by atoms with Crippen LogP contribution in [0.25, 0.3) is 32.9 Å². The van der Waals surface area contributed by atoms with Crippen LogP contribution in [0.5, 0.6) is 0 Å². The maximum absolute atomic E-state index is 17.0. The minimum Gasteiger partial charge on any atom is -0.349 e. The highest BCUT2D eigenvalue weighted by atomic mass is 35.5. The van der Waals surface area contributed by atoms with Gasteiger partial charge in [0, 0.05) is 66.2 Å². The Hall–Kier alpha value is -3.97. The maximum Gasteiger partial charge on any atom is 0.435 e. The normalized spacial score (nSPS) is 19.6. The highest BCUT2D eigenvalue weighted by Gasteiger charge is 2.39. The number of fused-ring (bicyclic) bond motifs is 2. The molecule has 2 aliphatic heterocycles. The van der Waals surface area contributed by atoms with E-state index in [1.54, 1.807) is 17.9 Å². The standard InChI is InChI=1S/C31H33ClF4N8O/c1-7-22(45)43-11-17(4)44(12-16(43)3)29-19-10-20(32)24(23-15(2)8-9-21-25(23)28(40-39-21)31(34,35)36)26(33)27(19)37-30(38-29)42-13-18(14-42)41(5)6/h7-10,16-18H,1,11-14H2,2-6H3,(H,39,40)/t16-,17+/m1/s1. The third-order valence-corrected chi connectivity index (χ3v) is 9.20. The number of aryl methyl sites for hydroxylation is 1. The molecule has 0 aliphatic carbocycles. The average Bonchev–Trinajstić information content (AvgIpc) is 3.39. The molecule has 0 radical (unpaired) electrons. The molecule has 0 saturated carbocycles. The van der Waals surface area contributed by atoms with Crippen LogP contribution < -0.4 is 9.80 Å². The molecule has 0 spiro atoms. The SMILES string of the molecule is C=CC(=O)N1C[C@H](C)N(c2nc(N3CC(N(C)C)C3)nc3c(F)c(-c4c(C)ccc5[nH]nc(C(F)(F)F)c45)c(Cl)cc23)C[C@H]1C. The number of piperazine rings is 1. The number of alkyl halides is 3. The molecular formula is C31H33ClF4N8O. The fourth-order valence-electron chi connectivity index (χ4n) is 6.29. The molecule has 4 heterocycles. The van der Waals surface area contributed by atoms with Gasteiger partial charge < -0.3 is 19.6 Å². The monoisotopic (exact) mass is 644 g/mol. The number of H-pyrrole nitrogens is 1. The number of amides is 1. The summed E-state index contributed by atoms with van der Waals surface area (Å²) in [5.74, 6) is -0.284. The molecule has 4 aromatic rings. The third-order valence-electron chi connectivity index (χ3n) is 8.90. The first-order chi connectivity index (χ1) is 21.2. The molecule has 6 rings (SSSR count). The van der Waals surface area contributed by atoms with Gasteiger partial charge in [0.2, 0.25) is 11.9 Å². The average molecular weight is 645 g/mol. The van der Waals surface area contributed by atoms with Crippen LogP contribution in [0.3, 0.4) is 0 Å². The number of rotatable bonds is 5. The van der Waals surface area contributed by atoms with Crippen molar-refractivity contribution in [3.05, 3.63) is 53.0 Å². The van der Waals surface area contributed by atoms with Crippen LogP contribution in [0.2, 0.25) is 5.02 Å². The number of nitrogens with zero attached hydrogens (tertiary/aromatic N) is 7. The topological polar surface area (TPSA) is 84.5 Å².